The van der Waals surface area contributed by atoms with E-state index in [0.717, 1.165) is 22.4 Å². The molecule has 0 spiro atoms. The van der Waals surface area contributed by atoms with Gasteiger partial charge < -0.3 is 9.88 Å². The third-order valence-corrected chi connectivity index (χ3v) is 6.56. The fraction of sp³-hybridized carbons (Fsp3) is 0.269. The zero-order valence-electron chi connectivity index (χ0n) is 19.0. The van der Waals surface area contributed by atoms with Crippen molar-refractivity contribution >= 4 is 51.2 Å². The number of fused-ring (bicyclic) bond motifs is 3. The maximum atomic E-state index is 12.7. The second-order valence-electron chi connectivity index (χ2n) is 8.32. The number of aryl methyl sites for hydroxylation is 1. The Balaban J connectivity index is 1.46. The van der Waals surface area contributed by atoms with Crippen LogP contribution in [-0.4, -0.2) is 28.6 Å². The van der Waals surface area contributed by atoms with Gasteiger partial charge >= 0.3 is 0 Å². The number of nitrogens with zero attached hydrogens (tertiary/aromatic N) is 2. The van der Waals surface area contributed by atoms with Crippen molar-refractivity contribution in [2.75, 3.05) is 0 Å². The van der Waals surface area contributed by atoms with Crippen molar-refractivity contribution in [2.24, 2.45) is 11.0 Å². The molecule has 0 radical (unpaired) electrons. The lowest BCUT2D eigenvalue weighted by Crippen LogP contribution is -2.49. The molecular weight excluding hydrogens is 432 g/mol. The van der Waals surface area contributed by atoms with Gasteiger partial charge in [0.05, 0.1) is 12.6 Å². The molecule has 2 heterocycles. The smallest absolute Gasteiger partial charge is 0.262 e. The van der Waals surface area contributed by atoms with Gasteiger partial charge in [-0.1, -0.05) is 44.2 Å². The molecule has 0 aliphatic rings. The van der Waals surface area contributed by atoms with E-state index in [4.69, 9.17) is 0 Å². The Bertz CT molecular complexity index is 1300. The van der Waals surface area contributed by atoms with Crippen LogP contribution in [0.4, 0.5) is 0 Å². The number of amides is 2. The van der Waals surface area contributed by atoms with Crippen LogP contribution in [0.25, 0.3) is 21.8 Å². The molecule has 170 valence electrons. The van der Waals surface area contributed by atoms with Crippen LogP contribution in [0.15, 0.2) is 65.1 Å². The molecule has 0 saturated carbocycles. The van der Waals surface area contributed by atoms with Crippen molar-refractivity contribution in [1.82, 2.24) is 15.3 Å². The number of hydrazone groups is 1. The summed E-state index contributed by atoms with van der Waals surface area (Å²) in [5.74, 6) is -0.568. The Morgan fingerprint density at radius 1 is 1.06 bits per heavy atom. The van der Waals surface area contributed by atoms with Crippen molar-refractivity contribution in [3.63, 3.8) is 0 Å². The Morgan fingerprint density at radius 2 is 1.85 bits per heavy atom. The molecule has 2 N–H and O–H groups in total. The summed E-state index contributed by atoms with van der Waals surface area (Å²) in [4.78, 5) is 26.0. The van der Waals surface area contributed by atoms with E-state index in [0.29, 0.717) is 0 Å². The fourth-order valence-corrected chi connectivity index (χ4v) is 4.77. The minimum atomic E-state index is -0.653. The molecule has 2 aromatic carbocycles. The molecule has 1 atom stereocenters. The molecule has 33 heavy (non-hydrogen) atoms. The third kappa shape index (κ3) is 4.98. The van der Waals surface area contributed by atoms with E-state index in [1.54, 1.807) is 6.21 Å². The topological polar surface area (TPSA) is 75.5 Å². The Kier molecular flexibility index (Phi) is 6.89. The fourth-order valence-electron chi connectivity index (χ4n) is 4.06. The molecule has 0 bridgehead atoms. The summed E-state index contributed by atoms with van der Waals surface area (Å²) in [5.41, 5.74) is 5.86. The molecule has 0 aliphatic carbocycles. The molecule has 4 rings (SSSR count). The largest absolute Gasteiger partial charge is 0.344 e. The minimum absolute atomic E-state index is 0.0657. The predicted octanol–water partition coefficient (Wildman–Crippen LogP) is 4.71. The lowest BCUT2D eigenvalue weighted by molar-refractivity contribution is -0.129. The summed E-state index contributed by atoms with van der Waals surface area (Å²) in [5, 5.41) is 11.3. The third-order valence-electron chi connectivity index (χ3n) is 5.68. The monoisotopic (exact) mass is 460 g/mol. The Hall–Kier alpha value is -3.45. The lowest BCUT2D eigenvalue weighted by atomic mass is 10.0. The zero-order chi connectivity index (χ0) is 23.4. The summed E-state index contributed by atoms with van der Waals surface area (Å²) < 4.78 is 2.29. The highest BCUT2D eigenvalue weighted by atomic mass is 32.1. The van der Waals surface area contributed by atoms with E-state index in [1.807, 2.05) is 43.5 Å². The number of aromatic nitrogens is 1. The van der Waals surface area contributed by atoms with Crippen molar-refractivity contribution in [3.8, 4) is 0 Å². The first-order valence-electron chi connectivity index (χ1n) is 11.1. The van der Waals surface area contributed by atoms with Crippen molar-refractivity contribution < 1.29 is 9.59 Å². The Morgan fingerprint density at radius 3 is 2.58 bits per heavy atom. The summed E-state index contributed by atoms with van der Waals surface area (Å²) in [7, 11) is 0. The Labute approximate surface area is 197 Å². The van der Waals surface area contributed by atoms with Crippen LogP contribution in [-0.2, 0) is 22.6 Å². The van der Waals surface area contributed by atoms with Gasteiger partial charge in [0.25, 0.3) is 5.91 Å². The average molecular weight is 461 g/mol. The second kappa shape index (κ2) is 10.0. The number of para-hydroxylation sites is 1. The quantitative estimate of drug-likeness (QED) is 0.295. The van der Waals surface area contributed by atoms with Crippen LogP contribution in [0.5, 0.6) is 0 Å². The van der Waals surface area contributed by atoms with Gasteiger partial charge in [-0.15, -0.1) is 11.3 Å². The van der Waals surface area contributed by atoms with Gasteiger partial charge in [0.2, 0.25) is 5.91 Å². The standard InChI is InChI=1S/C26H28N4O2S/c1-4-30-22-10-6-5-9-20(22)21-14-18(11-12-23(21)30)16-27-29-26(32)25(17(2)3)28-24(31)15-19-8-7-13-33-19/h5-14,16-17,25H,4,15H2,1-3H3,(H,28,31)(H,29,32)/b27-16+/t25-/m1/s1. The SMILES string of the molecule is CCn1c2ccccc2c2cc(/C=N/NC(=O)[C@H](NC(=O)Cc3cccs3)C(C)C)ccc21. The average Bonchev–Trinajstić information content (AvgIpc) is 3.42. The minimum Gasteiger partial charge on any atom is -0.344 e. The van der Waals surface area contributed by atoms with Gasteiger partial charge in [0, 0.05) is 33.2 Å². The highest BCUT2D eigenvalue weighted by molar-refractivity contribution is 7.10. The molecule has 2 aromatic heterocycles. The van der Waals surface area contributed by atoms with E-state index in [1.165, 1.54) is 27.8 Å². The molecule has 7 heteroatoms. The van der Waals surface area contributed by atoms with Crippen molar-refractivity contribution in [2.45, 2.75) is 39.8 Å². The molecular formula is C26H28N4O2S. The van der Waals surface area contributed by atoms with Crippen LogP contribution in [0, 0.1) is 5.92 Å². The van der Waals surface area contributed by atoms with Gasteiger partial charge in [-0.05, 0) is 48.1 Å². The molecule has 0 saturated heterocycles. The predicted molar refractivity (Wildman–Crippen MR) is 136 cm³/mol. The number of hydrogen-bond acceptors (Lipinski definition) is 4. The lowest BCUT2D eigenvalue weighted by Gasteiger charge is -2.20. The molecule has 2 amide bonds. The van der Waals surface area contributed by atoms with E-state index in [-0.39, 0.29) is 24.2 Å². The normalized spacial score (nSPS) is 12.6. The number of rotatable bonds is 8. The molecule has 0 aliphatic heterocycles. The van der Waals surface area contributed by atoms with Crippen molar-refractivity contribution in [3.05, 3.63) is 70.4 Å². The number of thiophene rings is 1. The number of carbonyl (C=O) groups is 2. The van der Waals surface area contributed by atoms with Gasteiger partial charge in [-0.25, -0.2) is 5.43 Å². The van der Waals surface area contributed by atoms with E-state index in [9.17, 15) is 9.59 Å². The first-order chi connectivity index (χ1) is 16.0. The van der Waals surface area contributed by atoms with Crippen LogP contribution in [0.3, 0.4) is 0 Å². The van der Waals surface area contributed by atoms with Crippen LogP contribution < -0.4 is 10.7 Å². The van der Waals surface area contributed by atoms with Crippen LogP contribution >= 0.6 is 11.3 Å². The maximum Gasteiger partial charge on any atom is 0.262 e. The van der Waals surface area contributed by atoms with Gasteiger partial charge in [0.1, 0.15) is 6.04 Å². The molecule has 4 aromatic rings. The van der Waals surface area contributed by atoms with Crippen LogP contribution in [0.1, 0.15) is 31.2 Å². The second-order valence-corrected chi connectivity index (χ2v) is 9.35. The van der Waals surface area contributed by atoms with Gasteiger partial charge in [0.15, 0.2) is 0 Å². The summed E-state index contributed by atoms with van der Waals surface area (Å²) in [6.45, 7) is 6.83. The maximum absolute atomic E-state index is 12.7. The first-order valence-corrected chi connectivity index (χ1v) is 12.0. The number of nitrogens with one attached hydrogen (secondary N) is 2. The van der Waals surface area contributed by atoms with Crippen molar-refractivity contribution in [1.29, 1.82) is 0 Å². The number of carbonyl (C=O) groups excluding carboxylic acids is 2. The summed E-state index contributed by atoms with van der Waals surface area (Å²) in [6, 6.07) is 17.7. The highest BCUT2D eigenvalue weighted by Gasteiger charge is 2.24. The van der Waals surface area contributed by atoms with E-state index in [2.05, 4.69) is 57.7 Å². The summed E-state index contributed by atoms with van der Waals surface area (Å²) in [6.07, 6.45) is 1.91. The van der Waals surface area contributed by atoms with E-state index < -0.39 is 6.04 Å². The van der Waals surface area contributed by atoms with Crippen LogP contribution in [0.2, 0.25) is 0 Å². The number of hydrogen-bond donors (Lipinski definition) is 2. The van der Waals surface area contributed by atoms with Gasteiger partial charge in [-0.3, -0.25) is 9.59 Å². The number of benzene rings is 2. The first kappa shape index (κ1) is 22.7. The molecule has 0 unspecified atom stereocenters. The molecule has 6 nitrogen and oxygen atoms in total. The van der Waals surface area contributed by atoms with Gasteiger partial charge in [-0.2, -0.15) is 5.10 Å². The summed E-state index contributed by atoms with van der Waals surface area (Å²) >= 11 is 1.52. The highest BCUT2D eigenvalue weighted by Crippen LogP contribution is 2.29. The van der Waals surface area contributed by atoms with E-state index >= 15 is 0 Å². The molecule has 0 fully saturated rings. The zero-order valence-corrected chi connectivity index (χ0v) is 19.9.